The predicted molar refractivity (Wildman–Crippen MR) is 83.9 cm³/mol. The van der Waals surface area contributed by atoms with Crippen LogP contribution in [0.4, 0.5) is 0 Å². The van der Waals surface area contributed by atoms with Gasteiger partial charge in [0.2, 0.25) is 0 Å². The van der Waals surface area contributed by atoms with Gasteiger partial charge in [-0.15, -0.1) is 22.7 Å². The van der Waals surface area contributed by atoms with Crippen LogP contribution in [0.1, 0.15) is 29.6 Å². The lowest BCUT2D eigenvalue weighted by Crippen LogP contribution is -2.37. The summed E-state index contributed by atoms with van der Waals surface area (Å²) in [6.07, 6.45) is 1.01. The topological polar surface area (TPSA) is 32.3 Å². The molecular weight excluding hydrogens is 274 g/mol. The van der Waals surface area contributed by atoms with Crippen LogP contribution in [0.2, 0.25) is 0 Å². The molecule has 3 atom stereocenters. The molecule has 19 heavy (non-hydrogen) atoms. The summed E-state index contributed by atoms with van der Waals surface area (Å²) in [5.41, 5.74) is 0. The molecule has 0 bridgehead atoms. The van der Waals surface area contributed by atoms with E-state index in [9.17, 15) is 5.11 Å². The van der Waals surface area contributed by atoms with Crippen LogP contribution >= 0.6 is 22.7 Å². The third-order valence-corrected chi connectivity index (χ3v) is 5.36. The van der Waals surface area contributed by atoms with Gasteiger partial charge in [-0.25, -0.2) is 0 Å². The molecule has 104 valence electrons. The molecule has 0 aliphatic carbocycles. The first-order valence-electron chi connectivity index (χ1n) is 6.63. The number of aliphatic hydroxyl groups excluding tert-OH is 1. The minimum atomic E-state index is 0.227. The molecule has 2 rings (SSSR count). The van der Waals surface area contributed by atoms with Gasteiger partial charge in [-0.3, -0.25) is 0 Å². The van der Waals surface area contributed by atoms with E-state index in [1.165, 1.54) is 9.75 Å². The molecule has 2 aromatic heterocycles. The maximum atomic E-state index is 9.27. The standard InChI is InChI=1S/C15H21NOS2/c1-11(10-17)12(2)16-14(15-6-4-8-19-15)9-13-5-3-7-18-13/h3-8,11-12,14,16-17H,9-10H2,1-2H3. The minimum absolute atomic E-state index is 0.227. The third kappa shape index (κ3) is 4.14. The highest BCUT2D eigenvalue weighted by molar-refractivity contribution is 7.10. The predicted octanol–water partition coefficient (Wildman–Crippen LogP) is 3.70. The molecule has 2 heterocycles. The van der Waals surface area contributed by atoms with Crippen molar-refractivity contribution in [3.63, 3.8) is 0 Å². The van der Waals surface area contributed by atoms with Crippen LogP contribution in [-0.2, 0) is 6.42 Å². The monoisotopic (exact) mass is 295 g/mol. The summed E-state index contributed by atoms with van der Waals surface area (Å²) in [4.78, 5) is 2.76. The molecule has 0 spiro atoms. The molecule has 0 fully saturated rings. The highest BCUT2D eigenvalue weighted by Crippen LogP contribution is 2.26. The number of rotatable bonds is 7. The lowest BCUT2D eigenvalue weighted by atomic mass is 10.0. The molecule has 0 amide bonds. The first kappa shape index (κ1) is 14.7. The zero-order chi connectivity index (χ0) is 13.7. The number of hydrogen-bond donors (Lipinski definition) is 2. The molecular formula is C15H21NOS2. The van der Waals surface area contributed by atoms with Gasteiger partial charge in [0, 0.05) is 34.9 Å². The molecule has 2 nitrogen and oxygen atoms in total. The minimum Gasteiger partial charge on any atom is -0.396 e. The van der Waals surface area contributed by atoms with Crippen LogP contribution in [0.5, 0.6) is 0 Å². The fourth-order valence-electron chi connectivity index (χ4n) is 2.00. The van der Waals surface area contributed by atoms with Gasteiger partial charge < -0.3 is 10.4 Å². The smallest absolute Gasteiger partial charge is 0.0471 e. The second-order valence-electron chi connectivity index (χ2n) is 4.97. The summed E-state index contributed by atoms with van der Waals surface area (Å²) in [5.74, 6) is 0.269. The fourth-order valence-corrected chi connectivity index (χ4v) is 3.54. The summed E-state index contributed by atoms with van der Waals surface area (Å²) < 4.78 is 0. The quantitative estimate of drug-likeness (QED) is 0.816. The fraction of sp³-hybridized carbons (Fsp3) is 0.467. The van der Waals surface area contributed by atoms with E-state index in [-0.39, 0.29) is 12.5 Å². The number of nitrogens with one attached hydrogen (secondary N) is 1. The van der Waals surface area contributed by atoms with Gasteiger partial charge in [0.1, 0.15) is 0 Å². The Kier molecular flexibility index (Phi) is 5.58. The van der Waals surface area contributed by atoms with Crippen molar-refractivity contribution >= 4 is 22.7 Å². The first-order valence-corrected chi connectivity index (χ1v) is 8.39. The van der Waals surface area contributed by atoms with Gasteiger partial charge in [-0.2, -0.15) is 0 Å². The van der Waals surface area contributed by atoms with E-state index in [2.05, 4.69) is 54.2 Å². The number of aliphatic hydroxyl groups is 1. The van der Waals surface area contributed by atoms with Crippen LogP contribution in [0.15, 0.2) is 35.0 Å². The summed E-state index contributed by atoms with van der Waals surface area (Å²) in [6, 6.07) is 9.22. The average Bonchev–Trinajstić information content (AvgIpc) is 3.09. The van der Waals surface area contributed by atoms with Crippen molar-refractivity contribution in [3.05, 3.63) is 44.8 Å². The molecule has 0 aliphatic heterocycles. The lowest BCUT2D eigenvalue weighted by Gasteiger charge is -2.25. The van der Waals surface area contributed by atoms with Gasteiger partial charge in [0.05, 0.1) is 0 Å². The van der Waals surface area contributed by atoms with Gasteiger partial charge in [-0.05, 0) is 35.7 Å². The molecule has 3 unspecified atom stereocenters. The van der Waals surface area contributed by atoms with Crippen molar-refractivity contribution in [3.8, 4) is 0 Å². The van der Waals surface area contributed by atoms with Crippen molar-refractivity contribution in [1.29, 1.82) is 0 Å². The SMILES string of the molecule is CC(CO)C(C)NC(Cc1cccs1)c1cccs1. The Morgan fingerprint density at radius 2 is 1.89 bits per heavy atom. The summed E-state index contributed by atoms with van der Waals surface area (Å²) in [7, 11) is 0. The van der Waals surface area contributed by atoms with E-state index in [0.29, 0.717) is 12.1 Å². The highest BCUT2D eigenvalue weighted by Gasteiger charge is 2.19. The van der Waals surface area contributed by atoms with Crippen molar-refractivity contribution in [1.82, 2.24) is 5.32 Å². The summed E-state index contributed by atoms with van der Waals surface area (Å²) in [5, 5.41) is 17.2. The Morgan fingerprint density at radius 1 is 1.16 bits per heavy atom. The number of thiophene rings is 2. The van der Waals surface area contributed by atoms with E-state index < -0.39 is 0 Å². The highest BCUT2D eigenvalue weighted by atomic mass is 32.1. The Hall–Kier alpha value is -0.680. The second-order valence-corrected chi connectivity index (χ2v) is 6.98. The van der Waals surface area contributed by atoms with Gasteiger partial charge in [0.15, 0.2) is 0 Å². The Balaban J connectivity index is 2.06. The molecule has 0 radical (unpaired) electrons. The van der Waals surface area contributed by atoms with Gasteiger partial charge >= 0.3 is 0 Å². The maximum absolute atomic E-state index is 9.27. The molecule has 2 N–H and O–H groups in total. The zero-order valence-corrected chi connectivity index (χ0v) is 13.0. The molecule has 0 saturated carbocycles. The zero-order valence-electron chi connectivity index (χ0n) is 11.4. The van der Waals surface area contributed by atoms with Crippen LogP contribution in [0.25, 0.3) is 0 Å². The maximum Gasteiger partial charge on any atom is 0.0471 e. The molecule has 4 heteroatoms. The van der Waals surface area contributed by atoms with E-state index in [1.807, 2.05) is 0 Å². The van der Waals surface area contributed by atoms with Crippen LogP contribution < -0.4 is 5.32 Å². The lowest BCUT2D eigenvalue weighted by molar-refractivity contribution is 0.201. The van der Waals surface area contributed by atoms with Crippen molar-refractivity contribution in [2.24, 2.45) is 5.92 Å². The summed E-state index contributed by atoms with van der Waals surface area (Å²) in [6.45, 7) is 4.45. The second kappa shape index (κ2) is 7.20. The molecule has 0 aliphatic rings. The third-order valence-electron chi connectivity index (χ3n) is 3.48. The molecule has 2 aromatic rings. The van der Waals surface area contributed by atoms with Crippen molar-refractivity contribution < 1.29 is 5.11 Å². The Morgan fingerprint density at radius 3 is 2.47 bits per heavy atom. The molecule has 0 aromatic carbocycles. The van der Waals surface area contributed by atoms with E-state index in [4.69, 9.17) is 0 Å². The van der Waals surface area contributed by atoms with Crippen LogP contribution in [0, 0.1) is 5.92 Å². The first-order chi connectivity index (χ1) is 9.20. The Labute approximate surface area is 123 Å². The van der Waals surface area contributed by atoms with E-state index in [0.717, 1.165) is 6.42 Å². The Bertz CT molecular complexity index is 452. The largest absolute Gasteiger partial charge is 0.396 e. The average molecular weight is 295 g/mol. The normalized spacial score (nSPS) is 16.2. The molecule has 0 saturated heterocycles. The van der Waals surface area contributed by atoms with Gasteiger partial charge in [0.25, 0.3) is 0 Å². The number of hydrogen-bond acceptors (Lipinski definition) is 4. The van der Waals surface area contributed by atoms with E-state index in [1.54, 1.807) is 22.7 Å². The van der Waals surface area contributed by atoms with Gasteiger partial charge in [-0.1, -0.05) is 19.1 Å². The van der Waals surface area contributed by atoms with Crippen LogP contribution in [-0.4, -0.2) is 17.8 Å². The van der Waals surface area contributed by atoms with Crippen LogP contribution in [0.3, 0.4) is 0 Å². The summed E-state index contributed by atoms with van der Waals surface area (Å²) >= 11 is 3.60. The van der Waals surface area contributed by atoms with E-state index >= 15 is 0 Å². The van der Waals surface area contributed by atoms with Crippen molar-refractivity contribution in [2.75, 3.05) is 6.61 Å². The van der Waals surface area contributed by atoms with Crippen molar-refractivity contribution in [2.45, 2.75) is 32.4 Å².